The third-order valence-electron chi connectivity index (χ3n) is 4.19. The zero-order chi connectivity index (χ0) is 21.0. The van der Waals surface area contributed by atoms with Crippen molar-refractivity contribution in [1.82, 2.24) is 19.9 Å². The van der Waals surface area contributed by atoms with Crippen LogP contribution in [0.5, 0.6) is 5.75 Å². The number of carbonyl (C=O) groups is 1. The van der Waals surface area contributed by atoms with E-state index in [4.69, 9.17) is 17.0 Å². The number of aromatic amines is 1. The second-order valence-electron chi connectivity index (χ2n) is 6.32. The van der Waals surface area contributed by atoms with Gasteiger partial charge in [0.25, 0.3) is 5.56 Å². The molecule has 0 fully saturated rings. The summed E-state index contributed by atoms with van der Waals surface area (Å²) >= 11 is 7.88. The van der Waals surface area contributed by atoms with Crippen LogP contribution in [-0.2, 0) is 4.79 Å². The van der Waals surface area contributed by atoms with Crippen LogP contribution in [-0.4, -0.2) is 38.8 Å². The number of ether oxygens (including phenoxy) is 1. The van der Waals surface area contributed by atoms with Crippen molar-refractivity contribution < 1.29 is 9.53 Å². The van der Waals surface area contributed by atoms with E-state index < -0.39 is 0 Å². The lowest BCUT2D eigenvalue weighted by Crippen LogP contribution is -2.33. The lowest BCUT2D eigenvalue weighted by Gasteiger charge is -2.10. The van der Waals surface area contributed by atoms with Gasteiger partial charge in [-0.2, -0.15) is 0 Å². The number of rotatable bonds is 8. The minimum absolute atomic E-state index is 0.0965. The summed E-state index contributed by atoms with van der Waals surface area (Å²) in [5, 5.41) is 3.28. The van der Waals surface area contributed by atoms with Crippen LogP contribution in [0.3, 0.4) is 0 Å². The van der Waals surface area contributed by atoms with E-state index in [0.717, 1.165) is 17.9 Å². The molecule has 1 atom stereocenters. The Morgan fingerprint density at radius 3 is 2.76 bits per heavy atom. The molecule has 0 radical (unpaired) electrons. The summed E-state index contributed by atoms with van der Waals surface area (Å²) in [6, 6.07) is 7.57. The molecule has 2 N–H and O–H groups in total. The summed E-state index contributed by atoms with van der Waals surface area (Å²) < 4.78 is 8.23. The third-order valence-corrected chi connectivity index (χ3v) is 6.42. The number of fused-ring (bicyclic) bond motifs is 1. The fraction of sp³-hybridized carbons (Fsp3) is 0.368. The maximum atomic E-state index is 12.5. The van der Waals surface area contributed by atoms with E-state index >= 15 is 0 Å². The van der Waals surface area contributed by atoms with Crippen LogP contribution in [0.1, 0.15) is 27.2 Å². The molecule has 7 nitrogen and oxygen atoms in total. The zero-order valence-electron chi connectivity index (χ0n) is 16.4. The molecule has 3 aromatic rings. The summed E-state index contributed by atoms with van der Waals surface area (Å²) in [5.74, 6) is 0.838. The predicted molar refractivity (Wildman–Crippen MR) is 120 cm³/mol. The van der Waals surface area contributed by atoms with Crippen molar-refractivity contribution in [3.8, 4) is 11.4 Å². The largest absolute Gasteiger partial charge is 0.494 e. The average molecular weight is 451 g/mol. The molecule has 3 rings (SSSR count). The number of nitrogens with one attached hydrogen (secondary N) is 2. The monoisotopic (exact) mass is 450 g/mol. The molecule has 1 amide bonds. The summed E-state index contributed by atoms with van der Waals surface area (Å²) in [4.78, 5) is 31.9. The second kappa shape index (κ2) is 9.55. The van der Waals surface area contributed by atoms with Gasteiger partial charge in [-0.3, -0.25) is 14.2 Å². The molecule has 2 aromatic heterocycles. The highest BCUT2D eigenvalue weighted by Gasteiger charge is 2.15. The highest BCUT2D eigenvalue weighted by atomic mass is 32.2. The highest BCUT2D eigenvalue weighted by molar-refractivity contribution is 7.99. The second-order valence-corrected chi connectivity index (χ2v) is 8.93. The van der Waals surface area contributed by atoms with Gasteiger partial charge in [0.05, 0.1) is 12.4 Å². The first-order chi connectivity index (χ1) is 13.9. The number of benzene rings is 1. The van der Waals surface area contributed by atoms with Crippen LogP contribution in [0.4, 0.5) is 0 Å². The Bertz CT molecular complexity index is 1120. The first kappa shape index (κ1) is 21.5. The number of amides is 1. The predicted octanol–water partition coefficient (Wildman–Crippen LogP) is 3.91. The van der Waals surface area contributed by atoms with Crippen LogP contribution < -0.4 is 15.6 Å². The van der Waals surface area contributed by atoms with Gasteiger partial charge >= 0.3 is 0 Å². The molecule has 0 aliphatic heterocycles. The number of carbonyl (C=O) groups excluding carboxylic acids is 1. The van der Waals surface area contributed by atoms with Gasteiger partial charge in [0.15, 0.2) is 14.8 Å². The lowest BCUT2D eigenvalue weighted by atomic mass is 10.3. The van der Waals surface area contributed by atoms with E-state index in [0.29, 0.717) is 26.1 Å². The van der Waals surface area contributed by atoms with Gasteiger partial charge in [-0.25, -0.2) is 4.98 Å². The van der Waals surface area contributed by atoms with Crippen LogP contribution in [0.15, 0.2) is 34.2 Å². The molecule has 2 heterocycles. The molecular weight excluding hydrogens is 428 g/mol. The van der Waals surface area contributed by atoms with Crippen LogP contribution >= 0.6 is 35.3 Å². The van der Waals surface area contributed by atoms with Crippen molar-refractivity contribution >= 4 is 51.6 Å². The Kier molecular flexibility index (Phi) is 7.09. The van der Waals surface area contributed by atoms with Crippen molar-refractivity contribution in [3.05, 3.63) is 38.6 Å². The Morgan fingerprint density at radius 1 is 1.38 bits per heavy atom. The molecule has 0 spiro atoms. The molecule has 0 aliphatic rings. The molecule has 1 aromatic carbocycles. The van der Waals surface area contributed by atoms with Crippen molar-refractivity contribution in [2.45, 2.75) is 38.4 Å². The summed E-state index contributed by atoms with van der Waals surface area (Å²) in [7, 11) is 0. The minimum atomic E-state index is -0.263. The molecule has 154 valence electrons. The average Bonchev–Trinajstić information content (AvgIpc) is 3.04. The minimum Gasteiger partial charge on any atom is -0.494 e. The topological polar surface area (TPSA) is 89.0 Å². The van der Waals surface area contributed by atoms with Gasteiger partial charge < -0.3 is 15.0 Å². The Balaban J connectivity index is 1.92. The molecule has 0 aliphatic carbocycles. The van der Waals surface area contributed by atoms with E-state index in [1.165, 1.54) is 23.1 Å². The molecular formula is C19H22N4O3S3. The Morgan fingerprint density at radius 2 is 2.10 bits per heavy atom. The van der Waals surface area contributed by atoms with E-state index in [9.17, 15) is 9.59 Å². The molecule has 0 unspecified atom stereocenters. The maximum absolute atomic E-state index is 12.5. The summed E-state index contributed by atoms with van der Waals surface area (Å²) in [5.41, 5.74) is 1.02. The molecule has 0 bridgehead atoms. The van der Waals surface area contributed by atoms with Crippen LogP contribution in [0.2, 0.25) is 0 Å². The first-order valence-corrected chi connectivity index (χ1v) is 11.4. The number of aromatic nitrogens is 3. The standard InChI is InChI=1S/C19H22N4O3S3/c1-4-11(3)20-14(24)10-28-18-21-16-15(17(25)22-18)29-19(27)23(16)12-6-8-13(9-7-12)26-5-2/h6-9,11H,4-5,10H2,1-3H3,(H,20,24)(H,21,22,25)/t11-/m1/s1. The zero-order valence-corrected chi connectivity index (χ0v) is 18.8. The molecule has 29 heavy (non-hydrogen) atoms. The van der Waals surface area contributed by atoms with Gasteiger partial charge in [-0.05, 0) is 56.8 Å². The van der Waals surface area contributed by atoms with E-state index in [-0.39, 0.29) is 23.3 Å². The van der Waals surface area contributed by atoms with Gasteiger partial charge in [-0.1, -0.05) is 30.0 Å². The smallest absolute Gasteiger partial charge is 0.271 e. The number of nitrogens with zero attached hydrogens (tertiary/aromatic N) is 2. The highest BCUT2D eigenvalue weighted by Crippen LogP contribution is 2.25. The lowest BCUT2D eigenvalue weighted by molar-refractivity contribution is -0.119. The van der Waals surface area contributed by atoms with Gasteiger partial charge in [-0.15, -0.1) is 0 Å². The normalized spacial score (nSPS) is 12.1. The summed E-state index contributed by atoms with van der Waals surface area (Å²) in [6.45, 7) is 6.47. The number of thiazole rings is 1. The Hall–Kier alpha value is -2.17. The SMILES string of the molecule is CCOc1ccc(-n2c(=S)sc3c(=O)[nH]c(SCC(=O)N[C@H](C)CC)nc32)cc1. The van der Waals surface area contributed by atoms with Crippen molar-refractivity contribution in [2.24, 2.45) is 0 Å². The molecule has 0 saturated carbocycles. The summed E-state index contributed by atoms with van der Waals surface area (Å²) in [6.07, 6.45) is 0.857. The fourth-order valence-electron chi connectivity index (χ4n) is 2.60. The number of thioether (sulfide) groups is 1. The number of hydrogen-bond donors (Lipinski definition) is 2. The van der Waals surface area contributed by atoms with Crippen molar-refractivity contribution in [2.75, 3.05) is 12.4 Å². The third kappa shape index (κ3) is 5.06. The number of hydrogen-bond acceptors (Lipinski definition) is 7. The van der Waals surface area contributed by atoms with E-state index in [2.05, 4.69) is 15.3 Å². The first-order valence-electron chi connectivity index (χ1n) is 9.24. The molecule has 0 saturated heterocycles. The van der Waals surface area contributed by atoms with Crippen LogP contribution in [0, 0.1) is 3.95 Å². The Labute approximate surface area is 181 Å². The fourth-order valence-corrected chi connectivity index (χ4v) is 4.54. The van der Waals surface area contributed by atoms with Crippen molar-refractivity contribution in [1.29, 1.82) is 0 Å². The van der Waals surface area contributed by atoms with Gasteiger partial charge in [0.2, 0.25) is 5.91 Å². The van der Waals surface area contributed by atoms with E-state index in [1.54, 1.807) is 4.57 Å². The van der Waals surface area contributed by atoms with E-state index in [1.807, 2.05) is 45.0 Å². The number of H-pyrrole nitrogens is 1. The quantitative estimate of drug-likeness (QED) is 0.307. The van der Waals surface area contributed by atoms with Crippen LogP contribution in [0.25, 0.3) is 16.0 Å². The van der Waals surface area contributed by atoms with Gasteiger partial charge in [0.1, 0.15) is 10.4 Å². The van der Waals surface area contributed by atoms with Gasteiger partial charge in [0, 0.05) is 11.7 Å². The maximum Gasteiger partial charge on any atom is 0.271 e. The van der Waals surface area contributed by atoms with Crippen molar-refractivity contribution in [3.63, 3.8) is 0 Å². The molecule has 10 heteroatoms.